The number of rotatable bonds is 2. The molecule has 0 N–H and O–H groups in total. The number of ketones is 1. The molecule has 0 saturated carbocycles. The number of methoxy groups -OCH3 is 1. The Hall–Kier alpha value is -1.09. The molecule has 0 aliphatic rings. The van der Waals surface area contributed by atoms with E-state index in [2.05, 4.69) is 0 Å². The molecular weight excluding hydrogens is 195 g/mol. The van der Waals surface area contributed by atoms with Gasteiger partial charge in [-0.05, 0) is 13.0 Å². The average Bonchev–Trinajstić information content (AvgIpc) is 2.09. The fourth-order valence-electron chi connectivity index (χ4n) is 0.938. The number of ether oxygens (including phenoxy) is 1. The summed E-state index contributed by atoms with van der Waals surface area (Å²) in [5.74, 6) is -0.652. The lowest BCUT2D eigenvalue weighted by Gasteiger charge is -2.04. The molecule has 13 heavy (non-hydrogen) atoms. The zero-order valence-corrected chi connectivity index (χ0v) is 7.98. The van der Waals surface area contributed by atoms with E-state index in [0.717, 1.165) is 6.07 Å². The van der Waals surface area contributed by atoms with Crippen molar-refractivity contribution in [3.63, 3.8) is 0 Å². The molecular formula is C9H8ClFO2. The van der Waals surface area contributed by atoms with Crippen LogP contribution in [0.3, 0.4) is 0 Å². The average molecular weight is 203 g/mol. The normalized spacial score (nSPS) is 9.85. The van der Waals surface area contributed by atoms with Crippen LogP contribution in [-0.2, 0) is 0 Å². The van der Waals surface area contributed by atoms with Crippen LogP contribution in [0.5, 0.6) is 5.75 Å². The molecule has 0 aromatic heterocycles. The summed E-state index contributed by atoms with van der Waals surface area (Å²) in [4.78, 5) is 11.0. The molecule has 0 amide bonds. The lowest BCUT2D eigenvalue weighted by molar-refractivity contribution is 0.101. The molecule has 70 valence electrons. The summed E-state index contributed by atoms with van der Waals surface area (Å²) in [6.45, 7) is 1.32. The van der Waals surface area contributed by atoms with E-state index in [0.29, 0.717) is 0 Å². The smallest absolute Gasteiger partial charge is 0.161 e. The molecule has 2 nitrogen and oxygen atoms in total. The molecule has 1 rings (SSSR count). The van der Waals surface area contributed by atoms with Crippen molar-refractivity contribution < 1.29 is 13.9 Å². The van der Waals surface area contributed by atoms with E-state index < -0.39 is 5.82 Å². The number of halogens is 2. The maximum absolute atomic E-state index is 13.0. The van der Waals surface area contributed by atoms with Crippen LogP contribution in [0.4, 0.5) is 4.39 Å². The number of carbonyl (C=O) groups is 1. The van der Waals surface area contributed by atoms with E-state index >= 15 is 0 Å². The highest BCUT2D eigenvalue weighted by Crippen LogP contribution is 2.25. The molecule has 1 aromatic carbocycles. The molecule has 0 fully saturated rings. The Kier molecular flexibility index (Phi) is 2.88. The van der Waals surface area contributed by atoms with Gasteiger partial charge in [-0.25, -0.2) is 4.39 Å². The van der Waals surface area contributed by atoms with Crippen LogP contribution in [-0.4, -0.2) is 12.9 Å². The molecule has 0 spiro atoms. The summed E-state index contributed by atoms with van der Waals surface area (Å²) >= 11 is 5.57. The number of benzene rings is 1. The summed E-state index contributed by atoms with van der Waals surface area (Å²) in [5, 5.41) is -0.159. The van der Waals surface area contributed by atoms with Gasteiger partial charge in [0.2, 0.25) is 0 Å². The Morgan fingerprint density at radius 1 is 1.54 bits per heavy atom. The summed E-state index contributed by atoms with van der Waals surface area (Å²) in [6.07, 6.45) is 0. The molecule has 1 aromatic rings. The van der Waals surface area contributed by atoms with Crippen LogP contribution in [0, 0.1) is 5.82 Å². The van der Waals surface area contributed by atoms with Gasteiger partial charge in [0.1, 0.15) is 11.6 Å². The highest BCUT2D eigenvalue weighted by Gasteiger charge is 2.12. The van der Waals surface area contributed by atoms with Gasteiger partial charge in [0.15, 0.2) is 5.78 Å². The minimum absolute atomic E-state index is 0.138. The minimum atomic E-state index is -0.647. The van der Waals surface area contributed by atoms with Crippen molar-refractivity contribution in [3.05, 3.63) is 28.5 Å². The molecule has 0 aliphatic carbocycles. The summed E-state index contributed by atoms with van der Waals surface area (Å²) in [5.41, 5.74) is 0.138. The lowest BCUT2D eigenvalue weighted by Crippen LogP contribution is -1.97. The maximum atomic E-state index is 13.0. The minimum Gasteiger partial charge on any atom is -0.497 e. The summed E-state index contributed by atoms with van der Waals surface area (Å²) < 4.78 is 17.8. The zero-order valence-electron chi connectivity index (χ0n) is 7.23. The predicted octanol–water partition coefficient (Wildman–Crippen LogP) is 2.69. The van der Waals surface area contributed by atoms with E-state index in [1.807, 2.05) is 0 Å². The second kappa shape index (κ2) is 3.75. The monoisotopic (exact) mass is 202 g/mol. The van der Waals surface area contributed by atoms with Crippen LogP contribution in [0.2, 0.25) is 5.02 Å². The quantitative estimate of drug-likeness (QED) is 0.690. The van der Waals surface area contributed by atoms with Crippen molar-refractivity contribution in [2.45, 2.75) is 6.92 Å². The first-order valence-corrected chi connectivity index (χ1v) is 3.98. The maximum Gasteiger partial charge on any atom is 0.161 e. The van der Waals surface area contributed by atoms with Crippen molar-refractivity contribution >= 4 is 17.4 Å². The first-order chi connectivity index (χ1) is 6.06. The fourth-order valence-corrected chi connectivity index (χ4v) is 1.18. The third-order valence-corrected chi connectivity index (χ3v) is 2.00. The van der Waals surface area contributed by atoms with Gasteiger partial charge in [-0.2, -0.15) is 0 Å². The topological polar surface area (TPSA) is 26.3 Å². The molecule has 0 bridgehead atoms. The SMILES string of the molecule is COc1cc(F)c(Cl)c(C(C)=O)c1. The van der Waals surface area contributed by atoms with E-state index in [1.54, 1.807) is 0 Å². The van der Waals surface area contributed by atoms with Crippen LogP contribution < -0.4 is 4.74 Å². The number of hydrogen-bond donors (Lipinski definition) is 0. The van der Waals surface area contributed by atoms with Crippen molar-refractivity contribution in [2.75, 3.05) is 7.11 Å². The summed E-state index contributed by atoms with van der Waals surface area (Å²) in [6, 6.07) is 2.54. The highest BCUT2D eigenvalue weighted by molar-refractivity contribution is 6.34. The molecule has 0 heterocycles. The Morgan fingerprint density at radius 3 is 2.62 bits per heavy atom. The van der Waals surface area contributed by atoms with Crippen molar-refractivity contribution in [2.24, 2.45) is 0 Å². The van der Waals surface area contributed by atoms with Gasteiger partial charge in [-0.3, -0.25) is 4.79 Å². The van der Waals surface area contributed by atoms with Gasteiger partial charge < -0.3 is 4.74 Å². The van der Waals surface area contributed by atoms with Crippen molar-refractivity contribution in [3.8, 4) is 5.75 Å². The van der Waals surface area contributed by atoms with Gasteiger partial charge >= 0.3 is 0 Å². The van der Waals surface area contributed by atoms with Gasteiger partial charge in [-0.1, -0.05) is 11.6 Å². The predicted molar refractivity (Wildman–Crippen MR) is 48.0 cm³/mol. The largest absolute Gasteiger partial charge is 0.497 e. The lowest BCUT2D eigenvalue weighted by atomic mass is 10.1. The van der Waals surface area contributed by atoms with E-state index in [4.69, 9.17) is 16.3 Å². The third kappa shape index (κ3) is 1.98. The molecule has 0 unspecified atom stereocenters. The molecule has 0 aliphatic heterocycles. The van der Waals surface area contributed by atoms with Crippen molar-refractivity contribution in [1.29, 1.82) is 0 Å². The third-order valence-electron chi connectivity index (χ3n) is 1.62. The Morgan fingerprint density at radius 2 is 2.15 bits per heavy atom. The number of carbonyl (C=O) groups excluding carboxylic acids is 1. The number of Topliss-reactive ketones (excluding diaryl/α,β-unsaturated/α-hetero) is 1. The van der Waals surface area contributed by atoms with Crippen LogP contribution in [0.15, 0.2) is 12.1 Å². The van der Waals surface area contributed by atoms with Crippen LogP contribution >= 0.6 is 11.6 Å². The molecule has 4 heteroatoms. The van der Waals surface area contributed by atoms with Crippen LogP contribution in [0.1, 0.15) is 17.3 Å². The molecule has 0 saturated heterocycles. The molecule has 0 radical (unpaired) electrons. The number of hydrogen-bond acceptors (Lipinski definition) is 2. The second-order valence-electron chi connectivity index (χ2n) is 2.53. The van der Waals surface area contributed by atoms with Crippen LogP contribution in [0.25, 0.3) is 0 Å². The Balaban J connectivity index is 3.33. The van der Waals surface area contributed by atoms with Gasteiger partial charge in [0.05, 0.1) is 12.1 Å². The van der Waals surface area contributed by atoms with E-state index in [-0.39, 0.29) is 22.1 Å². The zero-order chi connectivity index (χ0) is 10.0. The Bertz CT molecular complexity index is 350. The van der Waals surface area contributed by atoms with Gasteiger partial charge in [0, 0.05) is 11.6 Å². The highest BCUT2D eigenvalue weighted by atomic mass is 35.5. The van der Waals surface area contributed by atoms with Crippen molar-refractivity contribution in [1.82, 2.24) is 0 Å². The van der Waals surface area contributed by atoms with E-state index in [1.165, 1.54) is 20.1 Å². The second-order valence-corrected chi connectivity index (χ2v) is 2.90. The Labute approximate surface area is 80.3 Å². The molecule has 0 atom stereocenters. The van der Waals surface area contributed by atoms with Gasteiger partial charge in [-0.15, -0.1) is 0 Å². The standard InChI is InChI=1S/C9H8ClFO2/c1-5(12)7-3-6(13-2)4-8(11)9(7)10/h3-4H,1-2H3. The first kappa shape index (κ1) is 9.99. The van der Waals surface area contributed by atoms with E-state index in [9.17, 15) is 9.18 Å². The fraction of sp³-hybridized carbons (Fsp3) is 0.222. The van der Waals surface area contributed by atoms with Gasteiger partial charge in [0.25, 0.3) is 0 Å². The first-order valence-electron chi connectivity index (χ1n) is 3.60. The summed E-state index contributed by atoms with van der Waals surface area (Å²) in [7, 11) is 1.40.